The number of carbonyl (C=O) groups is 1. The van der Waals surface area contributed by atoms with Gasteiger partial charge in [-0.1, -0.05) is 6.58 Å². The molecule has 0 unspecified atom stereocenters. The van der Waals surface area contributed by atoms with Crippen LogP contribution in [-0.4, -0.2) is 33.4 Å². The highest BCUT2D eigenvalue weighted by molar-refractivity contribution is 7.92. The van der Waals surface area contributed by atoms with Crippen LogP contribution in [0, 0.1) is 0 Å². The van der Waals surface area contributed by atoms with E-state index in [9.17, 15) is 52.7 Å². The predicted molar refractivity (Wildman–Crippen MR) is 108 cm³/mol. The number of nitrogens with one attached hydrogen (secondary N) is 2. The van der Waals surface area contributed by atoms with Crippen molar-refractivity contribution in [1.29, 1.82) is 0 Å². The topological polar surface area (TPSA) is 84.5 Å². The number of rotatable bonds is 8. The van der Waals surface area contributed by atoms with Crippen LogP contribution in [0.2, 0.25) is 0 Å². The van der Waals surface area contributed by atoms with Crippen LogP contribution in [0.15, 0.2) is 59.5 Å². The molecule has 36 heavy (non-hydrogen) atoms. The fraction of sp³-hybridized carbons (Fsp3) is 0.250. The van der Waals surface area contributed by atoms with Crippen LogP contribution in [0.3, 0.4) is 0 Å². The fourth-order valence-corrected chi connectivity index (χ4v) is 3.66. The van der Waals surface area contributed by atoms with Crippen molar-refractivity contribution in [3.8, 4) is 5.75 Å². The van der Waals surface area contributed by atoms with E-state index in [0.717, 1.165) is 0 Å². The number of sulfonamides is 1. The molecule has 0 aliphatic carbocycles. The van der Waals surface area contributed by atoms with E-state index in [1.807, 2.05) is 5.32 Å². The van der Waals surface area contributed by atoms with Gasteiger partial charge in [-0.25, -0.2) is 8.42 Å². The summed E-state index contributed by atoms with van der Waals surface area (Å²) < 4.78 is 144. The zero-order valence-corrected chi connectivity index (χ0v) is 18.4. The molecule has 16 heteroatoms. The molecule has 0 saturated carbocycles. The zero-order chi connectivity index (χ0) is 27.5. The Bertz CT molecular complexity index is 1220. The summed E-state index contributed by atoms with van der Waals surface area (Å²) in [6.07, 6.45) is -15.5. The first-order chi connectivity index (χ1) is 16.3. The summed E-state index contributed by atoms with van der Waals surface area (Å²) in [5.41, 5.74) is -4.10. The van der Waals surface area contributed by atoms with Gasteiger partial charge in [-0.15, -0.1) is 13.2 Å². The maximum Gasteiger partial charge on any atom is 0.573 e. The second kappa shape index (κ2) is 10.3. The van der Waals surface area contributed by atoms with Crippen LogP contribution < -0.4 is 14.8 Å². The maximum absolute atomic E-state index is 13.1. The maximum atomic E-state index is 13.1. The molecule has 0 aliphatic heterocycles. The van der Waals surface area contributed by atoms with E-state index in [2.05, 4.69) is 11.3 Å². The molecule has 0 radical (unpaired) electrons. The van der Waals surface area contributed by atoms with E-state index in [-0.39, 0.29) is 6.07 Å². The van der Waals surface area contributed by atoms with Crippen LogP contribution >= 0.6 is 0 Å². The second-order valence-electron chi connectivity index (χ2n) is 6.99. The second-order valence-corrected chi connectivity index (χ2v) is 8.67. The zero-order valence-electron chi connectivity index (χ0n) is 17.6. The molecule has 198 valence electrons. The minimum atomic E-state index is -5.06. The van der Waals surface area contributed by atoms with Gasteiger partial charge in [0.05, 0.1) is 21.7 Å². The minimum Gasteiger partial charge on any atom is -0.406 e. The van der Waals surface area contributed by atoms with Crippen molar-refractivity contribution in [2.45, 2.75) is 30.0 Å². The van der Waals surface area contributed by atoms with Crippen molar-refractivity contribution in [2.75, 3.05) is 11.3 Å². The van der Waals surface area contributed by atoms with E-state index in [0.29, 0.717) is 36.4 Å². The quantitative estimate of drug-likeness (QED) is 0.329. The molecule has 2 aromatic carbocycles. The van der Waals surface area contributed by atoms with Gasteiger partial charge in [0.15, 0.2) is 0 Å². The Hall–Kier alpha value is -3.43. The number of carbonyl (C=O) groups excluding carboxylic acids is 1. The molecule has 0 fully saturated rings. The molecule has 6 nitrogen and oxygen atoms in total. The molecule has 0 aliphatic rings. The SMILES string of the molecule is C=C(CCNC(=O)c1ccc(C(F)(F)F)cc1NS(=O)(=O)c1ccc(OC(F)(F)F)cc1)C(F)(F)F. The number of anilines is 1. The molecule has 0 saturated heterocycles. The van der Waals surface area contributed by atoms with Crippen LogP contribution in [0.1, 0.15) is 22.3 Å². The molecule has 2 aromatic rings. The number of hydrogen-bond acceptors (Lipinski definition) is 4. The molecule has 2 rings (SSSR count). The van der Waals surface area contributed by atoms with Crippen LogP contribution in [-0.2, 0) is 16.2 Å². The summed E-state index contributed by atoms with van der Waals surface area (Å²) in [7, 11) is -4.74. The lowest BCUT2D eigenvalue weighted by Crippen LogP contribution is -2.28. The van der Waals surface area contributed by atoms with Gasteiger partial charge >= 0.3 is 18.7 Å². The normalized spacial score (nSPS) is 12.7. The van der Waals surface area contributed by atoms with Gasteiger partial charge in [0.1, 0.15) is 5.75 Å². The first-order valence-electron chi connectivity index (χ1n) is 9.42. The summed E-state index contributed by atoms with van der Waals surface area (Å²) >= 11 is 0. The highest BCUT2D eigenvalue weighted by Gasteiger charge is 2.34. The summed E-state index contributed by atoms with van der Waals surface area (Å²) in [6, 6.07) is 3.94. The Balaban J connectivity index is 2.33. The molecular formula is C20H15F9N2O4S. The number of halogens is 9. The number of amides is 1. The van der Waals surface area contributed by atoms with Crippen LogP contribution in [0.4, 0.5) is 45.2 Å². The molecule has 2 N–H and O–H groups in total. The Morgan fingerprint density at radius 1 is 0.917 bits per heavy atom. The number of alkyl halides is 9. The van der Waals surface area contributed by atoms with Gasteiger partial charge in [0.2, 0.25) is 0 Å². The molecule has 0 atom stereocenters. The lowest BCUT2D eigenvalue weighted by molar-refractivity contribution is -0.274. The number of benzene rings is 2. The van der Waals surface area contributed by atoms with E-state index in [4.69, 9.17) is 0 Å². The predicted octanol–water partition coefficient (Wildman–Crippen LogP) is 5.64. The fourth-order valence-electron chi connectivity index (χ4n) is 2.59. The molecule has 1 amide bonds. The van der Waals surface area contributed by atoms with Gasteiger partial charge in [0, 0.05) is 12.1 Å². The third-order valence-corrected chi connectivity index (χ3v) is 5.70. The number of ether oxygens (including phenoxy) is 1. The van der Waals surface area contributed by atoms with Gasteiger partial charge < -0.3 is 10.1 Å². The standard InChI is InChI=1S/C20H15F9N2O4S/c1-11(18(21,22)23)8-9-30-17(32)15-7-2-12(19(24,25)26)10-16(15)31-36(33,34)14-5-3-13(4-6-14)35-20(27,28)29/h2-7,10,31H,1,8-9H2,(H,30,32). The lowest BCUT2D eigenvalue weighted by atomic mass is 10.1. The molecule has 0 aromatic heterocycles. The van der Waals surface area contributed by atoms with Gasteiger partial charge in [0.25, 0.3) is 15.9 Å². The van der Waals surface area contributed by atoms with E-state index < -0.39 is 80.6 Å². The van der Waals surface area contributed by atoms with E-state index in [1.54, 1.807) is 4.72 Å². The Kier molecular flexibility index (Phi) is 8.23. The Morgan fingerprint density at radius 2 is 1.50 bits per heavy atom. The first-order valence-corrected chi connectivity index (χ1v) is 10.9. The van der Waals surface area contributed by atoms with Gasteiger partial charge in [-0.2, -0.15) is 26.3 Å². The van der Waals surface area contributed by atoms with Gasteiger partial charge in [-0.3, -0.25) is 9.52 Å². The molecule has 0 spiro atoms. The van der Waals surface area contributed by atoms with Crippen molar-refractivity contribution in [2.24, 2.45) is 0 Å². The minimum absolute atomic E-state index is 0.280. The van der Waals surface area contributed by atoms with Crippen molar-refractivity contribution in [3.05, 3.63) is 65.7 Å². The van der Waals surface area contributed by atoms with Crippen molar-refractivity contribution in [3.63, 3.8) is 0 Å². The smallest absolute Gasteiger partial charge is 0.406 e. The molecular weight excluding hydrogens is 535 g/mol. The average Bonchev–Trinajstić information content (AvgIpc) is 2.71. The first kappa shape index (κ1) is 28.8. The summed E-state index contributed by atoms with van der Waals surface area (Å²) in [4.78, 5) is 11.7. The van der Waals surface area contributed by atoms with Gasteiger partial charge in [-0.05, 0) is 48.9 Å². The largest absolute Gasteiger partial charge is 0.573 e. The van der Waals surface area contributed by atoms with E-state index >= 15 is 0 Å². The third kappa shape index (κ3) is 8.07. The highest BCUT2D eigenvalue weighted by atomic mass is 32.2. The average molecular weight is 550 g/mol. The summed E-state index contributed by atoms with van der Waals surface area (Å²) in [5.74, 6) is -1.98. The summed E-state index contributed by atoms with van der Waals surface area (Å²) in [5, 5.41) is 2.02. The van der Waals surface area contributed by atoms with Crippen LogP contribution in [0.25, 0.3) is 0 Å². The molecule has 0 heterocycles. The lowest BCUT2D eigenvalue weighted by Gasteiger charge is -2.16. The number of hydrogen-bond donors (Lipinski definition) is 2. The van der Waals surface area contributed by atoms with E-state index in [1.165, 1.54) is 0 Å². The van der Waals surface area contributed by atoms with Crippen molar-refractivity contribution < 1.29 is 57.5 Å². The van der Waals surface area contributed by atoms with Crippen molar-refractivity contribution >= 4 is 21.6 Å². The monoisotopic (exact) mass is 550 g/mol. The van der Waals surface area contributed by atoms with Crippen molar-refractivity contribution in [1.82, 2.24) is 5.32 Å². The Labute approximate surface area is 197 Å². The van der Waals surface area contributed by atoms with Crippen LogP contribution in [0.5, 0.6) is 5.75 Å². The highest BCUT2D eigenvalue weighted by Crippen LogP contribution is 2.33. The summed E-state index contributed by atoms with van der Waals surface area (Å²) in [6.45, 7) is 2.18. The Morgan fingerprint density at radius 3 is 2.00 bits per heavy atom. The third-order valence-electron chi connectivity index (χ3n) is 4.32. The molecule has 0 bridgehead atoms.